The lowest BCUT2D eigenvalue weighted by Crippen LogP contribution is -2.29. The first kappa shape index (κ1) is 18.2. The summed E-state index contributed by atoms with van der Waals surface area (Å²) >= 11 is 0. The minimum Gasteiger partial charge on any atom is -0.497 e. The number of carbonyl (C=O) groups excluding carboxylic acids is 1. The van der Waals surface area contributed by atoms with Crippen LogP contribution >= 0.6 is 0 Å². The van der Waals surface area contributed by atoms with Crippen LogP contribution in [-0.4, -0.2) is 34.5 Å². The Bertz CT molecular complexity index is 727. The van der Waals surface area contributed by atoms with Gasteiger partial charge in [-0.25, -0.2) is 4.98 Å². The highest BCUT2D eigenvalue weighted by molar-refractivity contribution is 7.84. The second-order valence-electron chi connectivity index (χ2n) is 5.33. The van der Waals surface area contributed by atoms with Gasteiger partial charge in [0.1, 0.15) is 17.3 Å². The third kappa shape index (κ3) is 4.92. The van der Waals surface area contributed by atoms with Crippen LogP contribution in [0.3, 0.4) is 0 Å². The lowest BCUT2D eigenvalue weighted by atomic mass is 10.2. The summed E-state index contributed by atoms with van der Waals surface area (Å²) in [5.74, 6) is 1.73. The first-order valence-electron chi connectivity index (χ1n) is 7.76. The van der Waals surface area contributed by atoms with Crippen LogP contribution in [0, 0.1) is 6.92 Å². The third-order valence-corrected chi connectivity index (χ3v) is 4.55. The molecule has 7 heteroatoms. The lowest BCUT2D eigenvalue weighted by molar-refractivity contribution is -0.118. The van der Waals surface area contributed by atoms with Crippen LogP contribution in [0.2, 0.25) is 0 Å². The van der Waals surface area contributed by atoms with Gasteiger partial charge < -0.3 is 14.5 Å². The van der Waals surface area contributed by atoms with Crippen molar-refractivity contribution in [3.8, 4) is 17.2 Å². The molecule has 0 fully saturated rings. The van der Waals surface area contributed by atoms with Crippen LogP contribution in [0.15, 0.2) is 28.7 Å². The summed E-state index contributed by atoms with van der Waals surface area (Å²) in [5.41, 5.74) is 1.39. The van der Waals surface area contributed by atoms with E-state index in [1.165, 1.54) is 0 Å². The molecule has 0 spiro atoms. The number of benzene rings is 1. The molecule has 1 N–H and O–H groups in total. The van der Waals surface area contributed by atoms with Crippen molar-refractivity contribution in [2.45, 2.75) is 26.0 Å². The standard InChI is InChI=1S/C17H22N2O4S/c1-4-8-18-16(20)11-24(21)10-15-12(2)23-17(19-15)13-6-5-7-14(9-13)22-3/h5-7,9H,4,8,10-11H2,1-3H3,(H,18,20)/t24-/m1/s1. The average Bonchev–Trinajstić information content (AvgIpc) is 2.93. The van der Waals surface area contributed by atoms with Crippen molar-refractivity contribution in [1.82, 2.24) is 10.3 Å². The van der Waals surface area contributed by atoms with Crippen LogP contribution in [0.4, 0.5) is 0 Å². The van der Waals surface area contributed by atoms with Crippen molar-refractivity contribution in [1.29, 1.82) is 0 Å². The zero-order valence-corrected chi connectivity index (χ0v) is 14.9. The topological polar surface area (TPSA) is 81.4 Å². The number of ether oxygens (including phenoxy) is 1. The van der Waals surface area contributed by atoms with Gasteiger partial charge >= 0.3 is 0 Å². The van der Waals surface area contributed by atoms with Gasteiger partial charge in [-0.1, -0.05) is 13.0 Å². The first-order chi connectivity index (χ1) is 11.5. The number of carbonyl (C=O) groups is 1. The SMILES string of the molecule is CCCNC(=O)C[S@](=O)Cc1nc(-c2cccc(OC)c2)oc1C. The fourth-order valence-corrected chi connectivity index (χ4v) is 3.18. The normalized spacial score (nSPS) is 12.0. The van der Waals surface area contributed by atoms with Crippen molar-refractivity contribution >= 4 is 16.7 Å². The van der Waals surface area contributed by atoms with Crippen LogP contribution in [0.5, 0.6) is 5.75 Å². The Labute approximate surface area is 144 Å². The van der Waals surface area contributed by atoms with Gasteiger partial charge in [0, 0.05) is 22.9 Å². The molecule has 0 aliphatic heterocycles. The second-order valence-corrected chi connectivity index (χ2v) is 6.79. The molecule has 1 amide bonds. The Morgan fingerprint density at radius 1 is 1.42 bits per heavy atom. The van der Waals surface area contributed by atoms with Gasteiger partial charge in [-0.15, -0.1) is 0 Å². The number of nitrogens with zero attached hydrogens (tertiary/aromatic N) is 1. The van der Waals surface area contributed by atoms with Crippen molar-refractivity contribution in [2.75, 3.05) is 19.4 Å². The van der Waals surface area contributed by atoms with E-state index in [2.05, 4.69) is 10.3 Å². The molecular weight excluding hydrogens is 328 g/mol. The van der Waals surface area contributed by atoms with Gasteiger partial charge in [0.25, 0.3) is 0 Å². The summed E-state index contributed by atoms with van der Waals surface area (Å²) in [6.07, 6.45) is 0.852. The summed E-state index contributed by atoms with van der Waals surface area (Å²) in [7, 11) is 0.272. The maximum atomic E-state index is 12.1. The Balaban J connectivity index is 2.05. The quantitative estimate of drug-likeness (QED) is 0.791. The maximum absolute atomic E-state index is 12.1. The number of nitrogens with one attached hydrogen (secondary N) is 1. The zero-order valence-electron chi connectivity index (χ0n) is 14.1. The summed E-state index contributed by atoms with van der Waals surface area (Å²) in [5, 5.41) is 2.72. The van der Waals surface area contributed by atoms with E-state index < -0.39 is 10.8 Å². The molecule has 1 heterocycles. The molecule has 0 unspecified atom stereocenters. The Morgan fingerprint density at radius 2 is 2.21 bits per heavy atom. The highest BCUT2D eigenvalue weighted by atomic mass is 32.2. The maximum Gasteiger partial charge on any atom is 0.232 e. The monoisotopic (exact) mass is 350 g/mol. The average molecular weight is 350 g/mol. The number of amides is 1. The summed E-state index contributed by atoms with van der Waals surface area (Å²) in [6.45, 7) is 4.34. The lowest BCUT2D eigenvalue weighted by Gasteiger charge is -2.02. The Kier molecular flexibility index (Phi) is 6.54. The third-order valence-electron chi connectivity index (χ3n) is 3.37. The second kappa shape index (κ2) is 8.63. The predicted molar refractivity (Wildman–Crippen MR) is 93.2 cm³/mol. The Morgan fingerprint density at radius 3 is 2.92 bits per heavy atom. The van der Waals surface area contributed by atoms with Crippen molar-refractivity contribution < 1.29 is 18.2 Å². The molecule has 2 rings (SSSR count). The molecule has 1 aromatic heterocycles. The molecule has 1 atom stereocenters. The van der Waals surface area contributed by atoms with E-state index in [9.17, 15) is 9.00 Å². The van der Waals surface area contributed by atoms with Gasteiger partial charge in [0.05, 0.1) is 18.6 Å². The predicted octanol–water partition coefficient (Wildman–Crippen LogP) is 2.43. The molecule has 0 radical (unpaired) electrons. The molecule has 2 aromatic rings. The Hall–Kier alpha value is -2.15. The smallest absolute Gasteiger partial charge is 0.232 e. The van der Waals surface area contributed by atoms with Gasteiger partial charge in [0.2, 0.25) is 11.8 Å². The van der Waals surface area contributed by atoms with Crippen LogP contribution < -0.4 is 10.1 Å². The van der Waals surface area contributed by atoms with Crippen molar-refractivity contribution in [3.05, 3.63) is 35.7 Å². The fraction of sp³-hybridized carbons (Fsp3) is 0.412. The molecule has 0 aliphatic rings. The van der Waals surface area contributed by atoms with Crippen molar-refractivity contribution in [3.63, 3.8) is 0 Å². The number of rotatable bonds is 8. The largest absolute Gasteiger partial charge is 0.497 e. The summed E-state index contributed by atoms with van der Waals surface area (Å²) < 4.78 is 23.0. The van der Waals surface area contributed by atoms with Gasteiger partial charge in [-0.3, -0.25) is 9.00 Å². The van der Waals surface area contributed by atoms with Crippen LogP contribution in [0.1, 0.15) is 24.8 Å². The number of hydrogen-bond acceptors (Lipinski definition) is 5. The van der Waals surface area contributed by atoms with Crippen LogP contribution in [-0.2, 0) is 21.3 Å². The minimum atomic E-state index is -1.32. The van der Waals surface area contributed by atoms with Crippen LogP contribution in [0.25, 0.3) is 11.5 Å². The number of aromatic nitrogens is 1. The molecule has 0 saturated carbocycles. The number of methoxy groups -OCH3 is 1. The molecule has 24 heavy (non-hydrogen) atoms. The minimum absolute atomic E-state index is 0.0270. The molecule has 1 aromatic carbocycles. The number of aryl methyl sites for hydroxylation is 1. The molecule has 0 bridgehead atoms. The number of oxazole rings is 1. The van der Waals surface area contributed by atoms with Crippen molar-refractivity contribution in [2.24, 2.45) is 0 Å². The number of hydrogen-bond donors (Lipinski definition) is 1. The highest BCUT2D eigenvalue weighted by Gasteiger charge is 2.16. The zero-order chi connectivity index (χ0) is 17.5. The summed E-state index contributed by atoms with van der Waals surface area (Å²) in [4.78, 5) is 16.0. The molecule has 0 saturated heterocycles. The van der Waals surface area contributed by atoms with Gasteiger partial charge in [0.15, 0.2) is 0 Å². The van der Waals surface area contributed by atoms with Gasteiger partial charge in [-0.2, -0.15) is 0 Å². The van der Waals surface area contributed by atoms with E-state index in [1.54, 1.807) is 14.0 Å². The van der Waals surface area contributed by atoms with E-state index in [-0.39, 0.29) is 17.4 Å². The molecule has 0 aliphatic carbocycles. The van der Waals surface area contributed by atoms with E-state index in [1.807, 2.05) is 31.2 Å². The molecule has 130 valence electrons. The van der Waals surface area contributed by atoms with E-state index in [0.717, 1.165) is 12.0 Å². The van der Waals surface area contributed by atoms with E-state index in [4.69, 9.17) is 9.15 Å². The van der Waals surface area contributed by atoms with Gasteiger partial charge in [-0.05, 0) is 31.5 Å². The molecule has 6 nitrogen and oxygen atoms in total. The van der Waals surface area contributed by atoms with E-state index >= 15 is 0 Å². The summed E-state index contributed by atoms with van der Waals surface area (Å²) in [6, 6.07) is 7.38. The fourth-order valence-electron chi connectivity index (χ4n) is 2.11. The highest BCUT2D eigenvalue weighted by Crippen LogP contribution is 2.25. The van der Waals surface area contributed by atoms with E-state index in [0.29, 0.717) is 29.6 Å². The first-order valence-corrected chi connectivity index (χ1v) is 9.24. The molecular formula is C17H22N2O4S.